The molecule has 0 radical (unpaired) electrons. The number of allylic oxidation sites excluding steroid dienone is 1. The van der Waals surface area contributed by atoms with E-state index in [1.807, 2.05) is 12.2 Å². The van der Waals surface area contributed by atoms with Gasteiger partial charge in [0.1, 0.15) is 0 Å². The van der Waals surface area contributed by atoms with E-state index in [0.717, 1.165) is 18.8 Å². The van der Waals surface area contributed by atoms with Crippen molar-refractivity contribution in [3.8, 4) is 0 Å². The maximum atomic E-state index is 5.54. The van der Waals surface area contributed by atoms with Gasteiger partial charge in [-0.1, -0.05) is 6.08 Å². The molecule has 0 spiro atoms. The number of nitrogens with zero attached hydrogens (tertiary/aromatic N) is 1. The lowest BCUT2D eigenvalue weighted by Gasteiger charge is -2.08. The molecule has 0 bridgehead atoms. The van der Waals surface area contributed by atoms with Gasteiger partial charge in [0.2, 0.25) is 0 Å². The lowest BCUT2D eigenvalue weighted by Crippen LogP contribution is -2.17. The molecule has 0 aliphatic carbocycles. The maximum Gasteiger partial charge on any atom is 0.0283 e. The largest absolute Gasteiger partial charge is 0.399 e. The van der Waals surface area contributed by atoms with Crippen LogP contribution in [-0.4, -0.2) is 25.0 Å². The molecule has 0 atom stereocenters. The summed E-state index contributed by atoms with van der Waals surface area (Å²) in [4.78, 5) is 2.19. The SMILES string of the molecule is CN1CC=CC(N)=CC1. The zero-order chi connectivity index (χ0) is 6.69. The molecule has 0 saturated carbocycles. The predicted molar refractivity (Wildman–Crippen MR) is 38.9 cm³/mol. The zero-order valence-corrected chi connectivity index (χ0v) is 5.67. The highest BCUT2D eigenvalue weighted by atomic mass is 15.1. The Labute approximate surface area is 55.6 Å². The quantitative estimate of drug-likeness (QED) is 0.504. The van der Waals surface area contributed by atoms with Crippen LogP contribution in [0.5, 0.6) is 0 Å². The number of hydrogen-bond donors (Lipinski definition) is 1. The van der Waals surface area contributed by atoms with Gasteiger partial charge in [-0.3, -0.25) is 4.90 Å². The molecule has 50 valence electrons. The molecule has 1 heterocycles. The standard InChI is InChI=1S/C7H12N2/c1-9-5-2-3-7(8)4-6-9/h2-4H,5-6,8H2,1H3. The summed E-state index contributed by atoms with van der Waals surface area (Å²) in [7, 11) is 2.07. The van der Waals surface area contributed by atoms with Crippen molar-refractivity contribution >= 4 is 0 Å². The third-order valence-corrected chi connectivity index (χ3v) is 1.37. The molecule has 1 rings (SSSR count). The minimum absolute atomic E-state index is 0.874. The van der Waals surface area contributed by atoms with Crippen LogP contribution >= 0.6 is 0 Å². The van der Waals surface area contributed by atoms with E-state index < -0.39 is 0 Å². The van der Waals surface area contributed by atoms with E-state index >= 15 is 0 Å². The molecule has 0 aromatic heterocycles. The van der Waals surface area contributed by atoms with Gasteiger partial charge in [0.05, 0.1) is 0 Å². The maximum absolute atomic E-state index is 5.54. The average Bonchev–Trinajstić information content (AvgIpc) is 1.97. The molecule has 2 heteroatoms. The van der Waals surface area contributed by atoms with Gasteiger partial charge in [-0.05, 0) is 19.2 Å². The molecule has 0 unspecified atom stereocenters. The molecule has 0 fully saturated rings. The molecule has 2 nitrogen and oxygen atoms in total. The van der Waals surface area contributed by atoms with Crippen molar-refractivity contribution in [1.82, 2.24) is 4.90 Å². The monoisotopic (exact) mass is 124 g/mol. The first-order valence-corrected chi connectivity index (χ1v) is 3.10. The minimum Gasteiger partial charge on any atom is -0.399 e. The van der Waals surface area contributed by atoms with Crippen LogP contribution in [0.4, 0.5) is 0 Å². The Balaban J connectivity index is 2.58. The summed E-state index contributed by atoms with van der Waals surface area (Å²) in [6.07, 6.45) is 6.03. The fourth-order valence-corrected chi connectivity index (χ4v) is 0.773. The smallest absolute Gasteiger partial charge is 0.0283 e. The van der Waals surface area contributed by atoms with Crippen molar-refractivity contribution in [2.45, 2.75) is 0 Å². The van der Waals surface area contributed by atoms with E-state index in [-0.39, 0.29) is 0 Å². The highest BCUT2D eigenvalue weighted by molar-refractivity contribution is 5.17. The van der Waals surface area contributed by atoms with E-state index in [2.05, 4.69) is 18.0 Å². The molecule has 1 aliphatic heterocycles. The van der Waals surface area contributed by atoms with E-state index in [1.54, 1.807) is 0 Å². The Morgan fingerprint density at radius 1 is 1.56 bits per heavy atom. The van der Waals surface area contributed by atoms with E-state index in [9.17, 15) is 0 Å². The van der Waals surface area contributed by atoms with Gasteiger partial charge in [0.25, 0.3) is 0 Å². The second-order valence-corrected chi connectivity index (χ2v) is 2.33. The minimum atomic E-state index is 0.874. The lowest BCUT2D eigenvalue weighted by molar-refractivity contribution is 0.414. The molecule has 2 N–H and O–H groups in total. The second kappa shape index (κ2) is 2.69. The Kier molecular flexibility index (Phi) is 1.90. The first kappa shape index (κ1) is 6.36. The van der Waals surface area contributed by atoms with Crippen LogP contribution in [0.25, 0.3) is 0 Å². The number of rotatable bonds is 0. The lowest BCUT2D eigenvalue weighted by atomic mass is 10.4. The van der Waals surface area contributed by atoms with E-state index in [1.165, 1.54) is 0 Å². The van der Waals surface area contributed by atoms with Crippen molar-refractivity contribution in [2.24, 2.45) is 5.73 Å². The third kappa shape index (κ3) is 1.90. The van der Waals surface area contributed by atoms with Gasteiger partial charge in [-0.2, -0.15) is 0 Å². The van der Waals surface area contributed by atoms with Crippen molar-refractivity contribution in [1.29, 1.82) is 0 Å². The fourth-order valence-electron chi connectivity index (χ4n) is 0.773. The van der Waals surface area contributed by atoms with Crippen LogP contribution in [-0.2, 0) is 0 Å². The van der Waals surface area contributed by atoms with Crippen LogP contribution in [0, 0.1) is 0 Å². The van der Waals surface area contributed by atoms with Crippen LogP contribution in [0.2, 0.25) is 0 Å². The van der Waals surface area contributed by atoms with Gasteiger partial charge in [0.15, 0.2) is 0 Å². The second-order valence-electron chi connectivity index (χ2n) is 2.33. The molecule has 1 aliphatic rings. The first-order valence-electron chi connectivity index (χ1n) is 3.10. The highest BCUT2D eigenvalue weighted by Crippen LogP contribution is 1.95. The highest BCUT2D eigenvalue weighted by Gasteiger charge is 1.95. The Morgan fingerprint density at radius 3 is 3.11 bits per heavy atom. The molecule has 9 heavy (non-hydrogen) atoms. The van der Waals surface area contributed by atoms with Crippen LogP contribution in [0.15, 0.2) is 23.9 Å². The van der Waals surface area contributed by atoms with Crippen LogP contribution in [0.1, 0.15) is 0 Å². The topological polar surface area (TPSA) is 29.3 Å². The van der Waals surface area contributed by atoms with Crippen molar-refractivity contribution < 1.29 is 0 Å². The Hall–Kier alpha value is -0.760. The number of likely N-dealkylation sites (N-methyl/N-ethyl adjacent to an activating group) is 1. The summed E-state index contributed by atoms with van der Waals surface area (Å²) < 4.78 is 0. The van der Waals surface area contributed by atoms with Crippen LogP contribution < -0.4 is 5.73 Å². The zero-order valence-electron chi connectivity index (χ0n) is 5.67. The fraction of sp³-hybridized carbons (Fsp3) is 0.429. The molecule has 0 aromatic carbocycles. The van der Waals surface area contributed by atoms with Crippen molar-refractivity contribution in [3.05, 3.63) is 23.9 Å². The summed E-state index contributed by atoms with van der Waals surface area (Å²) in [5, 5.41) is 0. The summed E-state index contributed by atoms with van der Waals surface area (Å²) >= 11 is 0. The van der Waals surface area contributed by atoms with Gasteiger partial charge in [-0.25, -0.2) is 0 Å². The molecule has 0 saturated heterocycles. The molecular weight excluding hydrogens is 112 g/mol. The van der Waals surface area contributed by atoms with Gasteiger partial charge >= 0.3 is 0 Å². The summed E-state index contributed by atoms with van der Waals surface area (Å²) in [6, 6.07) is 0. The Morgan fingerprint density at radius 2 is 2.33 bits per heavy atom. The number of nitrogens with two attached hydrogens (primary N) is 1. The molecular formula is C7H12N2. The Bertz CT molecular complexity index is 147. The van der Waals surface area contributed by atoms with Gasteiger partial charge in [0, 0.05) is 18.8 Å². The average molecular weight is 124 g/mol. The first-order chi connectivity index (χ1) is 4.29. The van der Waals surface area contributed by atoms with Gasteiger partial charge < -0.3 is 5.73 Å². The molecule has 0 aromatic rings. The van der Waals surface area contributed by atoms with Crippen molar-refractivity contribution in [2.75, 3.05) is 20.1 Å². The third-order valence-electron chi connectivity index (χ3n) is 1.37. The summed E-state index contributed by atoms with van der Waals surface area (Å²) in [5.74, 6) is 0. The summed E-state index contributed by atoms with van der Waals surface area (Å²) in [5.41, 5.74) is 6.42. The van der Waals surface area contributed by atoms with E-state index in [0.29, 0.717) is 0 Å². The predicted octanol–water partition coefficient (Wildman–Crippen LogP) is 0.331. The van der Waals surface area contributed by atoms with E-state index in [4.69, 9.17) is 5.73 Å². The van der Waals surface area contributed by atoms with Gasteiger partial charge in [-0.15, -0.1) is 0 Å². The number of hydrogen-bond acceptors (Lipinski definition) is 2. The summed E-state index contributed by atoms with van der Waals surface area (Å²) in [6.45, 7) is 1.95. The normalized spacial score (nSPS) is 21.2. The van der Waals surface area contributed by atoms with Crippen LogP contribution in [0.3, 0.4) is 0 Å². The molecule has 0 amide bonds. The van der Waals surface area contributed by atoms with Crippen molar-refractivity contribution in [3.63, 3.8) is 0 Å².